The van der Waals surface area contributed by atoms with Crippen molar-refractivity contribution in [2.45, 2.75) is 26.8 Å². The molecule has 1 heterocycles. The maximum Gasteiger partial charge on any atom is 0.0738 e. The molecule has 1 aromatic rings. The lowest BCUT2D eigenvalue weighted by Crippen LogP contribution is -2.30. The molecule has 1 N–H and O–H groups in total. The molecule has 1 rings (SSSR count). The van der Waals surface area contributed by atoms with E-state index in [0.29, 0.717) is 0 Å². The molecule has 0 unspecified atom stereocenters. The number of nitrogens with zero attached hydrogens (tertiary/aromatic N) is 3. The first-order chi connectivity index (χ1) is 7.55. The van der Waals surface area contributed by atoms with Gasteiger partial charge in [0.15, 0.2) is 0 Å². The van der Waals surface area contributed by atoms with Crippen LogP contribution in [0.25, 0.3) is 0 Å². The third-order valence-corrected chi connectivity index (χ3v) is 2.70. The van der Waals surface area contributed by atoms with E-state index in [1.54, 1.807) is 18.0 Å². The summed E-state index contributed by atoms with van der Waals surface area (Å²) in [6.07, 6.45) is 2.84. The second-order valence-corrected chi connectivity index (χ2v) is 4.86. The summed E-state index contributed by atoms with van der Waals surface area (Å²) in [6.45, 7) is 7.05. The highest BCUT2D eigenvalue weighted by Gasteiger charge is 2.16. The molecule has 0 amide bonds. The molecule has 0 spiro atoms. The van der Waals surface area contributed by atoms with Crippen LogP contribution in [0.4, 0.5) is 0 Å². The van der Waals surface area contributed by atoms with Crippen molar-refractivity contribution >= 4 is 0 Å². The molecule has 0 aromatic carbocycles. The van der Waals surface area contributed by atoms with Crippen LogP contribution in [0.5, 0.6) is 0 Å². The molecule has 1 aromatic heterocycles. The average molecular weight is 226 g/mol. The Labute approximate surface area is 97.2 Å². The lowest BCUT2D eigenvalue weighted by Gasteiger charge is -2.24. The number of aryl methyl sites for hydroxylation is 1. The second-order valence-electron chi connectivity index (χ2n) is 4.86. The number of methoxy groups -OCH3 is 1. The number of aromatic nitrogens is 3. The first kappa shape index (κ1) is 13.1. The first-order valence-corrected chi connectivity index (χ1v) is 5.58. The number of ether oxygens (including phenoxy) is 1. The van der Waals surface area contributed by atoms with Crippen molar-refractivity contribution in [1.82, 2.24) is 20.3 Å². The fourth-order valence-corrected chi connectivity index (χ4v) is 1.47. The fourth-order valence-electron chi connectivity index (χ4n) is 1.47. The number of hydrogen-bond donors (Lipinski definition) is 1. The van der Waals surface area contributed by atoms with Gasteiger partial charge in [0.05, 0.1) is 11.9 Å². The van der Waals surface area contributed by atoms with Gasteiger partial charge in [-0.05, 0) is 11.8 Å². The van der Waals surface area contributed by atoms with Crippen molar-refractivity contribution in [3.63, 3.8) is 0 Å². The summed E-state index contributed by atoms with van der Waals surface area (Å²) in [5, 5.41) is 11.1. The Bertz CT molecular complexity index is 309. The molecule has 5 heteroatoms. The molecule has 5 nitrogen and oxygen atoms in total. The normalized spacial score (nSPS) is 12.0. The quantitative estimate of drug-likeness (QED) is 0.752. The third-order valence-electron chi connectivity index (χ3n) is 2.70. The third kappa shape index (κ3) is 4.28. The molecule has 0 fully saturated rings. The van der Waals surface area contributed by atoms with Crippen molar-refractivity contribution in [3.8, 4) is 0 Å². The van der Waals surface area contributed by atoms with Crippen LogP contribution < -0.4 is 5.32 Å². The minimum Gasteiger partial charge on any atom is -0.385 e. The summed E-state index contributed by atoms with van der Waals surface area (Å²) in [5.74, 6) is 0. The van der Waals surface area contributed by atoms with E-state index in [9.17, 15) is 0 Å². The van der Waals surface area contributed by atoms with Gasteiger partial charge in [0.25, 0.3) is 0 Å². The number of rotatable bonds is 7. The molecule has 0 bridgehead atoms. The second kappa shape index (κ2) is 5.96. The van der Waals surface area contributed by atoms with Crippen molar-refractivity contribution in [2.24, 2.45) is 12.5 Å². The summed E-state index contributed by atoms with van der Waals surface area (Å²) in [6, 6.07) is 0. The Morgan fingerprint density at radius 1 is 1.50 bits per heavy atom. The molecular formula is C11H22N4O. The molecule has 16 heavy (non-hydrogen) atoms. The van der Waals surface area contributed by atoms with Crippen LogP contribution in [0.1, 0.15) is 26.0 Å². The summed E-state index contributed by atoms with van der Waals surface area (Å²) in [5.41, 5.74) is 1.35. The summed E-state index contributed by atoms with van der Waals surface area (Å²) in [4.78, 5) is 0. The molecular weight excluding hydrogens is 204 g/mol. The van der Waals surface area contributed by atoms with Gasteiger partial charge in [0.1, 0.15) is 0 Å². The van der Waals surface area contributed by atoms with Crippen LogP contribution in [0, 0.1) is 5.41 Å². The Hall–Kier alpha value is -0.940. The number of hydrogen-bond acceptors (Lipinski definition) is 4. The van der Waals surface area contributed by atoms with E-state index < -0.39 is 0 Å². The van der Waals surface area contributed by atoms with Crippen molar-refractivity contribution in [3.05, 3.63) is 11.9 Å². The van der Waals surface area contributed by atoms with E-state index in [1.165, 1.54) is 0 Å². The number of nitrogens with one attached hydrogen (secondary N) is 1. The summed E-state index contributed by atoms with van der Waals surface area (Å²) >= 11 is 0. The standard InChI is InChI=1S/C11H22N4O/c1-11(2,5-6-16-4)9-12-7-10-8-13-14-15(10)3/h8,12H,5-7,9H2,1-4H3. The molecule has 0 aliphatic carbocycles. The van der Waals surface area contributed by atoms with Crippen LogP contribution in [0.3, 0.4) is 0 Å². The predicted molar refractivity (Wildman–Crippen MR) is 63.0 cm³/mol. The zero-order valence-corrected chi connectivity index (χ0v) is 10.7. The highest BCUT2D eigenvalue weighted by molar-refractivity contribution is 4.92. The molecule has 0 saturated carbocycles. The maximum atomic E-state index is 5.10. The van der Waals surface area contributed by atoms with Crippen LogP contribution in [0.15, 0.2) is 6.20 Å². The van der Waals surface area contributed by atoms with Gasteiger partial charge < -0.3 is 10.1 Å². The van der Waals surface area contributed by atoms with Gasteiger partial charge >= 0.3 is 0 Å². The van der Waals surface area contributed by atoms with E-state index in [1.807, 2.05) is 7.05 Å². The average Bonchev–Trinajstić information content (AvgIpc) is 2.62. The molecule has 92 valence electrons. The Morgan fingerprint density at radius 2 is 2.25 bits per heavy atom. The largest absolute Gasteiger partial charge is 0.385 e. The highest BCUT2D eigenvalue weighted by Crippen LogP contribution is 2.18. The van der Waals surface area contributed by atoms with Crippen molar-refractivity contribution in [2.75, 3.05) is 20.3 Å². The van der Waals surface area contributed by atoms with Crippen LogP contribution >= 0.6 is 0 Å². The van der Waals surface area contributed by atoms with Gasteiger partial charge in [-0.1, -0.05) is 19.1 Å². The molecule has 0 aliphatic heterocycles. The van der Waals surface area contributed by atoms with Gasteiger partial charge in [-0.15, -0.1) is 5.10 Å². The summed E-state index contributed by atoms with van der Waals surface area (Å²) in [7, 11) is 3.64. The van der Waals surface area contributed by atoms with Gasteiger partial charge in [-0.3, -0.25) is 4.68 Å². The van der Waals surface area contributed by atoms with E-state index in [2.05, 4.69) is 29.5 Å². The van der Waals surface area contributed by atoms with Crippen LogP contribution in [-0.2, 0) is 18.3 Å². The van der Waals surface area contributed by atoms with E-state index >= 15 is 0 Å². The first-order valence-electron chi connectivity index (χ1n) is 5.58. The lowest BCUT2D eigenvalue weighted by molar-refractivity contribution is 0.150. The van der Waals surface area contributed by atoms with Crippen molar-refractivity contribution in [1.29, 1.82) is 0 Å². The Balaban J connectivity index is 2.27. The zero-order chi connectivity index (χ0) is 12.0. The van der Waals surface area contributed by atoms with Gasteiger partial charge in [-0.2, -0.15) is 0 Å². The monoisotopic (exact) mass is 226 g/mol. The van der Waals surface area contributed by atoms with E-state index in [-0.39, 0.29) is 5.41 Å². The Morgan fingerprint density at radius 3 is 2.81 bits per heavy atom. The van der Waals surface area contributed by atoms with Crippen LogP contribution in [-0.4, -0.2) is 35.3 Å². The SMILES string of the molecule is COCCC(C)(C)CNCc1cnnn1C. The van der Waals surface area contributed by atoms with E-state index in [4.69, 9.17) is 4.74 Å². The highest BCUT2D eigenvalue weighted by atomic mass is 16.5. The molecule has 0 aliphatic rings. The van der Waals surface area contributed by atoms with Crippen LogP contribution in [0.2, 0.25) is 0 Å². The van der Waals surface area contributed by atoms with Crippen molar-refractivity contribution < 1.29 is 4.74 Å². The van der Waals surface area contributed by atoms with E-state index in [0.717, 1.165) is 31.8 Å². The lowest BCUT2D eigenvalue weighted by atomic mass is 9.90. The minimum atomic E-state index is 0.252. The smallest absolute Gasteiger partial charge is 0.0738 e. The molecule has 0 radical (unpaired) electrons. The Kier molecular flexibility index (Phi) is 4.89. The minimum absolute atomic E-state index is 0.252. The zero-order valence-electron chi connectivity index (χ0n) is 10.7. The molecule has 0 atom stereocenters. The maximum absolute atomic E-state index is 5.10. The fraction of sp³-hybridized carbons (Fsp3) is 0.818. The topological polar surface area (TPSA) is 52.0 Å². The van der Waals surface area contributed by atoms with Gasteiger partial charge in [-0.25, -0.2) is 0 Å². The summed E-state index contributed by atoms with van der Waals surface area (Å²) < 4.78 is 6.88. The van der Waals surface area contributed by atoms with Gasteiger partial charge in [0, 0.05) is 33.9 Å². The molecule has 0 saturated heterocycles. The predicted octanol–water partition coefficient (Wildman–Crippen LogP) is 0.967. The van der Waals surface area contributed by atoms with Gasteiger partial charge in [0.2, 0.25) is 0 Å².